The van der Waals surface area contributed by atoms with E-state index in [2.05, 4.69) is 16.8 Å². The number of nitrogens with zero attached hydrogens (tertiary/aromatic N) is 2. The molecular formula is C13H18N2O2. The molecule has 0 radical (unpaired) electrons. The highest BCUT2D eigenvalue weighted by molar-refractivity contribution is 5.87. The normalized spacial score (nSPS) is 20.4. The van der Waals surface area contributed by atoms with Crippen molar-refractivity contribution < 1.29 is 9.90 Å². The molecular weight excluding hydrogens is 216 g/mol. The zero-order valence-electron chi connectivity index (χ0n) is 10.3. The van der Waals surface area contributed by atoms with Gasteiger partial charge in [0.05, 0.1) is 5.56 Å². The summed E-state index contributed by atoms with van der Waals surface area (Å²) in [4.78, 5) is 17.5. The van der Waals surface area contributed by atoms with E-state index in [-0.39, 0.29) is 5.56 Å². The van der Waals surface area contributed by atoms with Crippen LogP contribution in [0.15, 0.2) is 12.3 Å². The maximum atomic E-state index is 10.9. The van der Waals surface area contributed by atoms with Crippen molar-refractivity contribution in [3.8, 4) is 0 Å². The molecule has 0 amide bonds. The van der Waals surface area contributed by atoms with Crippen LogP contribution in [0.25, 0.3) is 0 Å². The lowest BCUT2D eigenvalue weighted by molar-refractivity contribution is 0.0696. The summed E-state index contributed by atoms with van der Waals surface area (Å²) in [6, 6.07) is 2.19. The van der Waals surface area contributed by atoms with E-state index < -0.39 is 5.97 Å². The van der Waals surface area contributed by atoms with Crippen LogP contribution in [0.4, 0.5) is 5.82 Å². The predicted molar refractivity (Wildman–Crippen MR) is 66.6 cm³/mol. The quantitative estimate of drug-likeness (QED) is 0.854. The Bertz CT molecular complexity index is 431. The number of aromatic nitrogens is 1. The minimum atomic E-state index is -0.918. The molecule has 1 aromatic rings. The Morgan fingerprint density at radius 2 is 2.29 bits per heavy atom. The first kappa shape index (κ1) is 11.9. The Morgan fingerprint density at radius 1 is 1.53 bits per heavy atom. The summed E-state index contributed by atoms with van der Waals surface area (Å²) in [7, 11) is 0. The fourth-order valence-corrected chi connectivity index (χ4v) is 2.40. The van der Waals surface area contributed by atoms with Crippen LogP contribution in [0.5, 0.6) is 0 Å². The molecule has 92 valence electrons. The topological polar surface area (TPSA) is 53.4 Å². The van der Waals surface area contributed by atoms with Crippen molar-refractivity contribution in [2.24, 2.45) is 0 Å². The van der Waals surface area contributed by atoms with E-state index in [1.165, 1.54) is 25.5 Å². The van der Waals surface area contributed by atoms with Gasteiger partial charge >= 0.3 is 5.97 Å². The molecule has 2 rings (SSSR count). The van der Waals surface area contributed by atoms with Crippen LogP contribution in [0.2, 0.25) is 0 Å². The fourth-order valence-electron chi connectivity index (χ4n) is 2.40. The molecule has 2 heterocycles. The van der Waals surface area contributed by atoms with Crippen LogP contribution in [0, 0.1) is 6.92 Å². The first-order valence-corrected chi connectivity index (χ1v) is 6.06. The van der Waals surface area contributed by atoms with Crippen LogP contribution in [0.3, 0.4) is 0 Å². The van der Waals surface area contributed by atoms with E-state index >= 15 is 0 Å². The molecule has 1 fully saturated rings. The van der Waals surface area contributed by atoms with Crippen LogP contribution in [0.1, 0.15) is 42.1 Å². The van der Waals surface area contributed by atoms with Crippen molar-refractivity contribution in [3.05, 3.63) is 23.4 Å². The minimum Gasteiger partial charge on any atom is -0.478 e. The first-order valence-electron chi connectivity index (χ1n) is 6.06. The van der Waals surface area contributed by atoms with Gasteiger partial charge in [-0.25, -0.2) is 9.78 Å². The molecule has 1 N–H and O–H groups in total. The summed E-state index contributed by atoms with van der Waals surface area (Å²) in [5.74, 6) is 0.0149. The molecule has 0 aromatic carbocycles. The fraction of sp³-hybridized carbons (Fsp3) is 0.538. The third-order valence-electron chi connectivity index (χ3n) is 3.37. The van der Waals surface area contributed by atoms with E-state index in [0.29, 0.717) is 6.04 Å². The van der Waals surface area contributed by atoms with Crippen molar-refractivity contribution in [2.45, 2.75) is 39.2 Å². The minimum absolute atomic E-state index is 0.260. The number of piperidine rings is 1. The van der Waals surface area contributed by atoms with Gasteiger partial charge in [-0.3, -0.25) is 0 Å². The summed E-state index contributed by atoms with van der Waals surface area (Å²) in [6.07, 6.45) is 5.09. The molecule has 1 aliphatic rings. The van der Waals surface area contributed by atoms with Crippen LogP contribution in [-0.2, 0) is 0 Å². The smallest absolute Gasteiger partial charge is 0.337 e. The summed E-state index contributed by atoms with van der Waals surface area (Å²) in [6.45, 7) is 5.14. The SMILES string of the molecule is Cc1cc(C(=O)O)cnc1N1CCCCC1C. The Hall–Kier alpha value is -1.58. The number of hydrogen-bond acceptors (Lipinski definition) is 3. The van der Waals surface area contributed by atoms with Crippen molar-refractivity contribution in [3.63, 3.8) is 0 Å². The van der Waals surface area contributed by atoms with Gasteiger partial charge in [-0.2, -0.15) is 0 Å². The lowest BCUT2D eigenvalue weighted by atomic mass is 10.0. The second-order valence-corrected chi connectivity index (χ2v) is 4.71. The number of hydrogen-bond donors (Lipinski definition) is 1. The number of rotatable bonds is 2. The Balaban J connectivity index is 2.29. The molecule has 1 atom stereocenters. The highest BCUT2D eigenvalue weighted by atomic mass is 16.4. The highest BCUT2D eigenvalue weighted by Crippen LogP contribution is 2.25. The zero-order valence-corrected chi connectivity index (χ0v) is 10.3. The average Bonchev–Trinajstić information content (AvgIpc) is 2.30. The molecule has 1 aromatic heterocycles. The van der Waals surface area contributed by atoms with Gasteiger partial charge in [0.1, 0.15) is 5.82 Å². The first-order chi connectivity index (χ1) is 8.09. The van der Waals surface area contributed by atoms with Gasteiger partial charge in [0.2, 0.25) is 0 Å². The number of carboxylic acid groups (broad SMARTS) is 1. The van der Waals surface area contributed by atoms with Crippen molar-refractivity contribution in [1.29, 1.82) is 0 Å². The standard InChI is InChI=1S/C13H18N2O2/c1-9-7-11(13(16)17)8-14-12(9)15-6-4-3-5-10(15)2/h7-8,10H,3-6H2,1-2H3,(H,16,17). The van der Waals surface area contributed by atoms with Gasteiger partial charge in [0.15, 0.2) is 0 Å². The van der Waals surface area contributed by atoms with E-state index in [1.54, 1.807) is 6.07 Å². The van der Waals surface area contributed by atoms with Crippen molar-refractivity contribution in [1.82, 2.24) is 4.98 Å². The van der Waals surface area contributed by atoms with Gasteiger partial charge in [0.25, 0.3) is 0 Å². The molecule has 17 heavy (non-hydrogen) atoms. The second-order valence-electron chi connectivity index (χ2n) is 4.71. The van der Waals surface area contributed by atoms with Gasteiger partial charge in [-0.15, -0.1) is 0 Å². The largest absolute Gasteiger partial charge is 0.478 e. The highest BCUT2D eigenvalue weighted by Gasteiger charge is 2.21. The number of pyridine rings is 1. The summed E-state index contributed by atoms with van der Waals surface area (Å²) < 4.78 is 0. The number of anilines is 1. The van der Waals surface area contributed by atoms with Gasteiger partial charge in [-0.05, 0) is 44.7 Å². The lowest BCUT2D eigenvalue weighted by Gasteiger charge is -2.35. The number of carbonyl (C=O) groups is 1. The molecule has 0 aliphatic carbocycles. The predicted octanol–water partition coefficient (Wildman–Crippen LogP) is 2.47. The Kier molecular flexibility index (Phi) is 3.31. The summed E-state index contributed by atoms with van der Waals surface area (Å²) in [5.41, 5.74) is 1.20. The second kappa shape index (κ2) is 4.73. The van der Waals surface area contributed by atoms with Crippen LogP contribution < -0.4 is 4.90 Å². The maximum Gasteiger partial charge on any atom is 0.337 e. The van der Waals surface area contributed by atoms with Crippen molar-refractivity contribution >= 4 is 11.8 Å². The van der Waals surface area contributed by atoms with E-state index in [9.17, 15) is 4.79 Å². The van der Waals surface area contributed by atoms with Gasteiger partial charge in [-0.1, -0.05) is 0 Å². The third-order valence-corrected chi connectivity index (χ3v) is 3.37. The average molecular weight is 234 g/mol. The van der Waals surface area contributed by atoms with E-state index in [4.69, 9.17) is 5.11 Å². The van der Waals surface area contributed by atoms with Crippen molar-refractivity contribution in [2.75, 3.05) is 11.4 Å². The number of aromatic carboxylic acids is 1. The van der Waals surface area contributed by atoms with E-state index in [1.807, 2.05) is 6.92 Å². The zero-order chi connectivity index (χ0) is 12.4. The van der Waals surface area contributed by atoms with Gasteiger partial charge in [0, 0.05) is 18.8 Å². The number of aryl methyl sites for hydroxylation is 1. The molecule has 0 spiro atoms. The maximum absolute atomic E-state index is 10.9. The third kappa shape index (κ3) is 2.40. The monoisotopic (exact) mass is 234 g/mol. The number of carboxylic acids is 1. The van der Waals surface area contributed by atoms with E-state index in [0.717, 1.165) is 17.9 Å². The molecule has 1 aliphatic heterocycles. The summed E-state index contributed by atoms with van der Waals surface area (Å²) in [5, 5.41) is 8.91. The van der Waals surface area contributed by atoms with Crippen LogP contribution >= 0.6 is 0 Å². The molecule has 4 heteroatoms. The Morgan fingerprint density at radius 3 is 2.88 bits per heavy atom. The van der Waals surface area contributed by atoms with Crippen LogP contribution in [-0.4, -0.2) is 28.6 Å². The molecule has 0 saturated carbocycles. The molecule has 1 saturated heterocycles. The Labute approximate surface area is 101 Å². The molecule has 0 bridgehead atoms. The summed E-state index contributed by atoms with van der Waals surface area (Å²) >= 11 is 0. The molecule has 4 nitrogen and oxygen atoms in total. The lowest BCUT2D eigenvalue weighted by Crippen LogP contribution is -2.38. The molecule has 1 unspecified atom stereocenters. The van der Waals surface area contributed by atoms with Gasteiger partial charge < -0.3 is 10.0 Å².